The average Bonchev–Trinajstić information content (AvgIpc) is 2.86. The number of benzene rings is 1. The lowest BCUT2D eigenvalue weighted by atomic mass is 9.85. The van der Waals surface area contributed by atoms with E-state index in [0.29, 0.717) is 24.3 Å². The minimum absolute atomic E-state index is 0.0464. The van der Waals surface area contributed by atoms with Crippen LogP contribution in [0.2, 0.25) is 0 Å². The van der Waals surface area contributed by atoms with Gasteiger partial charge in [0.1, 0.15) is 17.5 Å². The molecule has 0 spiro atoms. The Morgan fingerprint density at radius 3 is 2.86 bits per heavy atom. The van der Waals surface area contributed by atoms with Crippen LogP contribution in [-0.4, -0.2) is 34.2 Å². The van der Waals surface area contributed by atoms with Gasteiger partial charge in [-0.05, 0) is 38.5 Å². The molecule has 0 radical (unpaired) electrons. The SMILES string of the molecule is CC1(C)Oc2ccc(C#N)cc2[C@@H](N2CCCC2=O)[C@@H]1O. The number of likely N-dealkylation sites (tertiary alicyclic amines) is 1. The molecule has 0 aromatic heterocycles. The molecule has 3 rings (SSSR count). The first kappa shape index (κ1) is 13.9. The Bertz CT molecular complexity index is 633. The molecule has 110 valence electrons. The van der Waals surface area contributed by atoms with E-state index in [0.717, 1.165) is 12.0 Å². The number of aliphatic hydroxyl groups is 1. The van der Waals surface area contributed by atoms with Crippen molar-refractivity contribution in [1.82, 2.24) is 4.90 Å². The lowest BCUT2D eigenvalue weighted by Gasteiger charge is -2.45. The Labute approximate surface area is 123 Å². The summed E-state index contributed by atoms with van der Waals surface area (Å²) in [5.41, 5.74) is 0.436. The Hall–Kier alpha value is -2.06. The molecule has 2 heterocycles. The Morgan fingerprint density at radius 1 is 1.48 bits per heavy atom. The van der Waals surface area contributed by atoms with Gasteiger partial charge in [0.2, 0.25) is 5.91 Å². The molecule has 5 nitrogen and oxygen atoms in total. The van der Waals surface area contributed by atoms with Gasteiger partial charge in [0.15, 0.2) is 0 Å². The summed E-state index contributed by atoms with van der Waals surface area (Å²) in [6.45, 7) is 4.26. The normalized spacial score (nSPS) is 27.0. The number of nitriles is 1. The number of carbonyl (C=O) groups excluding carboxylic acids is 1. The molecule has 1 aromatic rings. The van der Waals surface area contributed by atoms with E-state index in [4.69, 9.17) is 10.00 Å². The van der Waals surface area contributed by atoms with Crippen LogP contribution < -0.4 is 4.74 Å². The van der Waals surface area contributed by atoms with Gasteiger partial charge >= 0.3 is 0 Å². The van der Waals surface area contributed by atoms with Gasteiger partial charge in [-0.2, -0.15) is 5.26 Å². The van der Waals surface area contributed by atoms with E-state index in [1.54, 1.807) is 23.1 Å². The number of carbonyl (C=O) groups is 1. The summed E-state index contributed by atoms with van der Waals surface area (Å²) in [7, 11) is 0. The van der Waals surface area contributed by atoms with Crippen molar-refractivity contribution in [1.29, 1.82) is 5.26 Å². The van der Waals surface area contributed by atoms with Crippen LogP contribution in [0, 0.1) is 11.3 Å². The molecule has 0 aliphatic carbocycles. The third kappa shape index (κ3) is 2.16. The summed E-state index contributed by atoms with van der Waals surface area (Å²) < 4.78 is 5.86. The van der Waals surface area contributed by atoms with Crippen molar-refractivity contribution in [2.24, 2.45) is 0 Å². The molecule has 0 saturated carbocycles. The second kappa shape index (κ2) is 4.74. The maximum absolute atomic E-state index is 12.1. The molecule has 1 N–H and O–H groups in total. The lowest BCUT2D eigenvalue weighted by molar-refractivity contribution is -0.139. The van der Waals surface area contributed by atoms with Gasteiger partial charge in [-0.15, -0.1) is 0 Å². The molecule has 2 aliphatic rings. The van der Waals surface area contributed by atoms with Gasteiger partial charge in [-0.1, -0.05) is 0 Å². The van der Waals surface area contributed by atoms with Crippen molar-refractivity contribution in [3.05, 3.63) is 29.3 Å². The Kier molecular flexibility index (Phi) is 3.14. The number of hydrogen-bond donors (Lipinski definition) is 1. The molecular weight excluding hydrogens is 268 g/mol. The number of fused-ring (bicyclic) bond motifs is 1. The van der Waals surface area contributed by atoms with E-state index in [-0.39, 0.29) is 5.91 Å². The maximum atomic E-state index is 12.1. The van der Waals surface area contributed by atoms with Crippen molar-refractivity contribution in [3.8, 4) is 11.8 Å². The molecule has 21 heavy (non-hydrogen) atoms. The summed E-state index contributed by atoms with van der Waals surface area (Å²) in [6.07, 6.45) is 0.481. The Balaban J connectivity index is 2.12. The summed E-state index contributed by atoms with van der Waals surface area (Å²) >= 11 is 0. The number of amides is 1. The molecular formula is C16H18N2O3. The molecule has 5 heteroatoms. The Morgan fingerprint density at radius 2 is 2.24 bits per heavy atom. The highest BCUT2D eigenvalue weighted by Crippen LogP contribution is 2.44. The highest BCUT2D eigenvalue weighted by atomic mass is 16.5. The zero-order valence-electron chi connectivity index (χ0n) is 12.2. The molecule has 1 aromatic carbocycles. The summed E-state index contributed by atoms with van der Waals surface area (Å²) in [4.78, 5) is 13.8. The number of hydrogen-bond acceptors (Lipinski definition) is 4. The number of rotatable bonds is 1. The van der Waals surface area contributed by atoms with E-state index in [1.165, 1.54) is 0 Å². The van der Waals surface area contributed by atoms with Crippen molar-refractivity contribution in [2.75, 3.05) is 6.54 Å². The second-order valence-electron chi connectivity index (χ2n) is 6.15. The van der Waals surface area contributed by atoms with E-state index in [1.807, 2.05) is 13.8 Å². The molecule has 0 unspecified atom stereocenters. The topological polar surface area (TPSA) is 73.6 Å². The minimum atomic E-state index is -0.832. The minimum Gasteiger partial charge on any atom is -0.485 e. The fourth-order valence-corrected chi connectivity index (χ4v) is 3.14. The van der Waals surface area contributed by atoms with Crippen LogP contribution in [0.3, 0.4) is 0 Å². The first-order valence-corrected chi connectivity index (χ1v) is 7.14. The molecule has 0 bridgehead atoms. The van der Waals surface area contributed by atoms with E-state index in [2.05, 4.69) is 6.07 Å². The number of ether oxygens (including phenoxy) is 1. The van der Waals surface area contributed by atoms with Gasteiger partial charge in [0.25, 0.3) is 0 Å². The van der Waals surface area contributed by atoms with Crippen molar-refractivity contribution < 1.29 is 14.6 Å². The number of nitrogens with zero attached hydrogens (tertiary/aromatic N) is 2. The van der Waals surface area contributed by atoms with Gasteiger partial charge in [0, 0.05) is 18.5 Å². The highest BCUT2D eigenvalue weighted by Gasteiger charge is 2.47. The van der Waals surface area contributed by atoms with Crippen molar-refractivity contribution >= 4 is 5.91 Å². The van der Waals surface area contributed by atoms with E-state index >= 15 is 0 Å². The van der Waals surface area contributed by atoms with Crippen LogP contribution in [0.5, 0.6) is 5.75 Å². The number of aliphatic hydroxyl groups excluding tert-OH is 1. The third-order valence-electron chi connectivity index (χ3n) is 4.29. The van der Waals surface area contributed by atoms with Gasteiger partial charge in [-0.25, -0.2) is 0 Å². The summed E-state index contributed by atoms with van der Waals surface area (Å²) in [5.74, 6) is 0.680. The standard InChI is InChI=1S/C16H18N2O3/c1-16(2)15(20)14(18-7-3-4-13(18)19)11-8-10(9-17)5-6-12(11)21-16/h5-6,8,14-15,20H,3-4,7H2,1-2H3/t14-,15+/m1/s1. The van der Waals surface area contributed by atoms with E-state index < -0.39 is 17.7 Å². The molecule has 1 fully saturated rings. The molecule has 1 saturated heterocycles. The van der Waals surface area contributed by atoms with Gasteiger partial charge < -0.3 is 14.7 Å². The van der Waals surface area contributed by atoms with Crippen molar-refractivity contribution in [3.63, 3.8) is 0 Å². The van der Waals surface area contributed by atoms with Crippen LogP contribution in [0.4, 0.5) is 0 Å². The monoisotopic (exact) mass is 286 g/mol. The van der Waals surface area contributed by atoms with Gasteiger partial charge in [0.05, 0.1) is 17.7 Å². The van der Waals surface area contributed by atoms with Crippen LogP contribution in [0.1, 0.15) is 43.9 Å². The zero-order valence-corrected chi connectivity index (χ0v) is 12.2. The fourth-order valence-electron chi connectivity index (χ4n) is 3.14. The first-order chi connectivity index (χ1) is 9.94. The maximum Gasteiger partial charge on any atom is 0.223 e. The smallest absolute Gasteiger partial charge is 0.223 e. The highest BCUT2D eigenvalue weighted by molar-refractivity contribution is 5.79. The van der Waals surface area contributed by atoms with Crippen LogP contribution in [-0.2, 0) is 4.79 Å². The lowest BCUT2D eigenvalue weighted by Crippen LogP contribution is -2.53. The average molecular weight is 286 g/mol. The summed E-state index contributed by atoms with van der Waals surface area (Å²) in [6, 6.07) is 6.79. The zero-order chi connectivity index (χ0) is 15.2. The predicted octanol–water partition coefficient (Wildman–Crippen LogP) is 1.75. The van der Waals surface area contributed by atoms with E-state index in [9.17, 15) is 9.90 Å². The van der Waals surface area contributed by atoms with Crippen LogP contribution in [0.25, 0.3) is 0 Å². The molecule has 2 atom stereocenters. The fraction of sp³-hybridized carbons (Fsp3) is 0.500. The predicted molar refractivity (Wildman–Crippen MR) is 75.6 cm³/mol. The molecule has 1 amide bonds. The van der Waals surface area contributed by atoms with Crippen LogP contribution >= 0.6 is 0 Å². The third-order valence-corrected chi connectivity index (χ3v) is 4.29. The first-order valence-electron chi connectivity index (χ1n) is 7.14. The largest absolute Gasteiger partial charge is 0.485 e. The second-order valence-corrected chi connectivity index (χ2v) is 6.15. The van der Waals surface area contributed by atoms with Crippen molar-refractivity contribution in [2.45, 2.75) is 44.4 Å². The van der Waals surface area contributed by atoms with Crippen LogP contribution in [0.15, 0.2) is 18.2 Å². The quantitative estimate of drug-likeness (QED) is 0.853. The van der Waals surface area contributed by atoms with Gasteiger partial charge in [-0.3, -0.25) is 4.79 Å². The summed E-state index contributed by atoms with van der Waals surface area (Å²) in [5, 5.41) is 19.8. The molecule has 2 aliphatic heterocycles.